The number of hydrogen-bond donors (Lipinski definition) is 3. The van der Waals surface area contributed by atoms with E-state index in [4.69, 9.17) is 5.11 Å². The van der Waals surface area contributed by atoms with Gasteiger partial charge in [-0.2, -0.15) is 0 Å². The molecule has 1 heterocycles. The lowest BCUT2D eigenvalue weighted by Crippen LogP contribution is -2.39. The fraction of sp³-hybridized carbons (Fsp3) is 0.500. The number of hydrogen-bond acceptors (Lipinski definition) is 3. The van der Waals surface area contributed by atoms with Crippen molar-refractivity contribution in [2.45, 2.75) is 19.3 Å². The third kappa shape index (κ3) is 5.77. The van der Waals surface area contributed by atoms with Crippen LogP contribution in [0.5, 0.6) is 0 Å². The van der Waals surface area contributed by atoms with Crippen LogP contribution in [0, 0.1) is 11.7 Å². The minimum atomic E-state index is -0.862. The smallest absolute Gasteiger partial charge is 0.314 e. The standard InChI is InChI=1S/C16H22FN3O3/c17-13-3-5-14(6-4-13)20-9-7-12(11-20)10-19-16(23)18-8-1-2-15(21)22/h3-6,12H,1-2,7-11H2,(H,21,22)(H2,18,19,23). The third-order valence-electron chi connectivity index (χ3n) is 3.88. The maximum Gasteiger partial charge on any atom is 0.314 e. The number of rotatable bonds is 7. The van der Waals surface area contributed by atoms with E-state index in [0.29, 0.717) is 25.4 Å². The lowest BCUT2D eigenvalue weighted by molar-refractivity contribution is -0.137. The van der Waals surface area contributed by atoms with E-state index >= 15 is 0 Å². The first-order valence-corrected chi connectivity index (χ1v) is 7.78. The molecule has 1 aromatic rings. The number of carboxylic acid groups (broad SMARTS) is 1. The lowest BCUT2D eigenvalue weighted by atomic mass is 10.1. The molecule has 0 spiro atoms. The van der Waals surface area contributed by atoms with Crippen LogP contribution in [0.15, 0.2) is 24.3 Å². The highest BCUT2D eigenvalue weighted by atomic mass is 19.1. The van der Waals surface area contributed by atoms with Crippen molar-refractivity contribution in [3.05, 3.63) is 30.1 Å². The molecule has 1 saturated heterocycles. The van der Waals surface area contributed by atoms with Crippen LogP contribution < -0.4 is 15.5 Å². The molecule has 1 aliphatic rings. The number of halogens is 1. The Bertz CT molecular complexity index is 536. The molecule has 1 unspecified atom stereocenters. The topological polar surface area (TPSA) is 81.7 Å². The van der Waals surface area contributed by atoms with E-state index in [9.17, 15) is 14.0 Å². The molecular formula is C16H22FN3O3. The molecule has 0 saturated carbocycles. The zero-order valence-electron chi connectivity index (χ0n) is 12.9. The molecule has 0 radical (unpaired) electrons. The van der Waals surface area contributed by atoms with Gasteiger partial charge in [-0.1, -0.05) is 0 Å². The monoisotopic (exact) mass is 323 g/mol. The van der Waals surface area contributed by atoms with Crippen molar-refractivity contribution >= 4 is 17.7 Å². The summed E-state index contributed by atoms with van der Waals surface area (Å²) in [6.07, 6.45) is 1.44. The summed E-state index contributed by atoms with van der Waals surface area (Å²) in [6, 6.07) is 6.16. The fourth-order valence-corrected chi connectivity index (χ4v) is 2.63. The Morgan fingerprint density at radius 2 is 2.00 bits per heavy atom. The SMILES string of the molecule is O=C(O)CCCNC(=O)NCC1CCN(c2ccc(F)cc2)C1. The predicted molar refractivity (Wildman–Crippen MR) is 85.0 cm³/mol. The molecule has 1 fully saturated rings. The fourth-order valence-electron chi connectivity index (χ4n) is 2.63. The molecule has 23 heavy (non-hydrogen) atoms. The van der Waals surface area contributed by atoms with Gasteiger partial charge in [-0.05, 0) is 43.0 Å². The largest absolute Gasteiger partial charge is 0.481 e. The molecule has 7 heteroatoms. The van der Waals surface area contributed by atoms with Gasteiger partial charge in [0.2, 0.25) is 0 Å². The number of aliphatic carboxylic acids is 1. The van der Waals surface area contributed by atoms with Gasteiger partial charge >= 0.3 is 12.0 Å². The highest BCUT2D eigenvalue weighted by molar-refractivity contribution is 5.74. The van der Waals surface area contributed by atoms with Gasteiger partial charge in [0, 0.05) is 38.3 Å². The first-order chi connectivity index (χ1) is 11.0. The Balaban J connectivity index is 1.64. The second-order valence-electron chi connectivity index (χ2n) is 5.71. The van der Waals surface area contributed by atoms with Gasteiger partial charge in [0.05, 0.1) is 0 Å². The number of nitrogens with zero attached hydrogens (tertiary/aromatic N) is 1. The Hall–Kier alpha value is -2.31. The minimum Gasteiger partial charge on any atom is -0.481 e. The number of urea groups is 1. The molecule has 0 aromatic heterocycles. The highest BCUT2D eigenvalue weighted by Gasteiger charge is 2.23. The van der Waals surface area contributed by atoms with Crippen molar-refractivity contribution in [2.24, 2.45) is 5.92 Å². The second kappa shape index (κ2) is 8.36. The maximum atomic E-state index is 12.9. The molecule has 1 aromatic carbocycles. The van der Waals surface area contributed by atoms with E-state index in [-0.39, 0.29) is 18.3 Å². The van der Waals surface area contributed by atoms with E-state index in [1.54, 1.807) is 12.1 Å². The molecule has 0 bridgehead atoms. The Morgan fingerprint density at radius 3 is 2.70 bits per heavy atom. The van der Waals surface area contributed by atoms with E-state index in [1.165, 1.54) is 12.1 Å². The van der Waals surface area contributed by atoms with Gasteiger partial charge in [-0.25, -0.2) is 9.18 Å². The van der Waals surface area contributed by atoms with Crippen molar-refractivity contribution in [3.63, 3.8) is 0 Å². The number of carboxylic acids is 1. The van der Waals surface area contributed by atoms with Crippen LogP contribution in [0.4, 0.5) is 14.9 Å². The van der Waals surface area contributed by atoms with Crippen molar-refractivity contribution in [3.8, 4) is 0 Å². The summed E-state index contributed by atoms with van der Waals surface area (Å²) in [7, 11) is 0. The predicted octanol–water partition coefficient (Wildman–Crippen LogP) is 1.82. The Kier molecular flexibility index (Phi) is 6.19. The Labute approximate surface area is 134 Å². The summed E-state index contributed by atoms with van der Waals surface area (Å²) in [6.45, 7) is 2.64. The molecule has 2 amide bonds. The summed E-state index contributed by atoms with van der Waals surface area (Å²) >= 11 is 0. The van der Waals surface area contributed by atoms with Crippen molar-refractivity contribution < 1.29 is 19.1 Å². The number of nitrogens with one attached hydrogen (secondary N) is 2. The van der Waals surface area contributed by atoms with Gasteiger partial charge in [0.15, 0.2) is 0 Å². The van der Waals surface area contributed by atoms with Gasteiger partial charge < -0.3 is 20.6 Å². The summed E-state index contributed by atoms with van der Waals surface area (Å²) in [5.41, 5.74) is 0.993. The number of amides is 2. The molecular weight excluding hydrogens is 301 g/mol. The van der Waals surface area contributed by atoms with Crippen LogP contribution in [-0.2, 0) is 4.79 Å². The van der Waals surface area contributed by atoms with Gasteiger partial charge in [-0.3, -0.25) is 4.79 Å². The number of benzene rings is 1. The molecule has 2 rings (SSSR count). The quantitative estimate of drug-likeness (QED) is 0.669. The van der Waals surface area contributed by atoms with Crippen LogP contribution in [0.1, 0.15) is 19.3 Å². The van der Waals surface area contributed by atoms with Gasteiger partial charge in [0.25, 0.3) is 0 Å². The first-order valence-electron chi connectivity index (χ1n) is 7.78. The molecule has 0 aliphatic carbocycles. The summed E-state index contributed by atoms with van der Waals surface area (Å²) < 4.78 is 12.9. The van der Waals surface area contributed by atoms with E-state index in [0.717, 1.165) is 25.2 Å². The van der Waals surface area contributed by atoms with E-state index in [1.807, 2.05) is 0 Å². The van der Waals surface area contributed by atoms with E-state index in [2.05, 4.69) is 15.5 Å². The molecule has 126 valence electrons. The van der Waals surface area contributed by atoms with Crippen LogP contribution in [-0.4, -0.2) is 43.3 Å². The number of carbonyl (C=O) groups is 2. The second-order valence-corrected chi connectivity index (χ2v) is 5.71. The molecule has 1 aliphatic heterocycles. The lowest BCUT2D eigenvalue weighted by Gasteiger charge is -2.19. The normalized spacial score (nSPS) is 17.1. The van der Waals surface area contributed by atoms with Crippen LogP contribution in [0.3, 0.4) is 0 Å². The Morgan fingerprint density at radius 1 is 1.26 bits per heavy atom. The number of anilines is 1. The zero-order valence-corrected chi connectivity index (χ0v) is 12.9. The average Bonchev–Trinajstić information content (AvgIpc) is 2.99. The van der Waals surface area contributed by atoms with Crippen LogP contribution >= 0.6 is 0 Å². The maximum absolute atomic E-state index is 12.9. The summed E-state index contributed by atoms with van der Waals surface area (Å²) in [5, 5.41) is 14.0. The summed E-state index contributed by atoms with van der Waals surface area (Å²) in [5.74, 6) is -0.755. The molecule has 3 N–H and O–H groups in total. The number of carbonyl (C=O) groups excluding carboxylic acids is 1. The van der Waals surface area contributed by atoms with Crippen molar-refractivity contribution in [2.75, 3.05) is 31.1 Å². The molecule has 6 nitrogen and oxygen atoms in total. The molecule has 1 atom stereocenters. The average molecular weight is 323 g/mol. The van der Waals surface area contributed by atoms with Gasteiger partial charge in [0.1, 0.15) is 5.82 Å². The van der Waals surface area contributed by atoms with Crippen LogP contribution in [0.25, 0.3) is 0 Å². The highest BCUT2D eigenvalue weighted by Crippen LogP contribution is 2.23. The van der Waals surface area contributed by atoms with Crippen molar-refractivity contribution in [1.82, 2.24) is 10.6 Å². The summed E-state index contributed by atoms with van der Waals surface area (Å²) in [4.78, 5) is 24.1. The van der Waals surface area contributed by atoms with Crippen LogP contribution in [0.2, 0.25) is 0 Å². The van der Waals surface area contributed by atoms with E-state index < -0.39 is 5.97 Å². The van der Waals surface area contributed by atoms with Gasteiger partial charge in [-0.15, -0.1) is 0 Å². The van der Waals surface area contributed by atoms with Crippen molar-refractivity contribution in [1.29, 1.82) is 0 Å². The zero-order chi connectivity index (χ0) is 16.7. The minimum absolute atomic E-state index is 0.0511. The third-order valence-corrected chi connectivity index (χ3v) is 3.88. The first kappa shape index (κ1) is 17.1.